The second-order valence-electron chi connectivity index (χ2n) is 3.72. The standard InChI is InChI=1S/C12H12ClNO2S/c13-17(15,16)8-4-3-5-10-9-14-12-7-2-1-6-11(10)12/h1-3,5-7,9,14H,4,8H2/b5-3+. The fraction of sp³-hybridized carbons (Fsp3) is 0.167. The van der Waals surface area contributed by atoms with E-state index in [-0.39, 0.29) is 5.75 Å². The first kappa shape index (κ1) is 12.2. The van der Waals surface area contributed by atoms with Gasteiger partial charge in [-0.1, -0.05) is 30.4 Å². The minimum atomic E-state index is -3.39. The maximum atomic E-state index is 10.7. The molecule has 1 aromatic carbocycles. The molecule has 17 heavy (non-hydrogen) atoms. The summed E-state index contributed by atoms with van der Waals surface area (Å²) < 4.78 is 21.5. The van der Waals surface area contributed by atoms with E-state index in [2.05, 4.69) is 4.98 Å². The van der Waals surface area contributed by atoms with Crippen molar-refractivity contribution in [1.29, 1.82) is 0 Å². The van der Waals surface area contributed by atoms with Crippen LogP contribution in [0.5, 0.6) is 0 Å². The summed E-state index contributed by atoms with van der Waals surface area (Å²) in [6, 6.07) is 7.95. The maximum Gasteiger partial charge on any atom is 0.232 e. The molecule has 0 aliphatic heterocycles. The van der Waals surface area contributed by atoms with Crippen LogP contribution in [0, 0.1) is 0 Å². The van der Waals surface area contributed by atoms with Crippen molar-refractivity contribution in [2.45, 2.75) is 6.42 Å². The van der Waals surface area contributed by atoms with Crippen LogP contribution in [-0.2, 0) is 9.05 Å². The number of hydrogen-bond donors (Lipinski definition) is 1. The van der Waals surface area contributed by atoms with Crippen LogP contribution >= 0.6 is 10.7 Å². The summed E-state index contributed by atoms with van der Waals surface area (Å²) in [7, 11) is 1.73. The highest BCUT2D eigenvalue weighted by molar-refractivity contribution is 8.13. The van der Waals surface area contributed by atoms with Crippen LogP contribution in [0.3, 0.4) is 0 Å². The molecule has 0 unspecified atom stereocenters. The van der Waals surface area contributed by atoms with Gasteiger partial charge in [0, 0.05) is 27.8 Å². The summed E-state index contributed by atoms with van der Waals surface area (Å²) in [6.07, 6.45) is 6.04. The molecular formula is C12H12ClNO2S. The topological polar surface area (TPSA) is 49.9 Å². The van der Waals surface area contributed by atoms with Crippen LogP contribution < -0.4 is 0 Å². The van der Waals surface area contributed by atoms with Gasteiger partial charge in [0.15, 0.2) is 0 Å². The number of nitrogens with one attached hydrogen (secondary N) is 1. The maximum absolute atomic E-state index is 10.7. The van der Waals surface area contributed by atoms with E-state index in [1.165, 1.54) is 0 Å². The number of halogens is 1. The highest BCUT2D eigenvalue weighted by Gasteiger charge is 2.02. The Hall–Kier alpha value is -1.26. The zero-order valence-electron chi connectivity index (χ0n) is 9.06. The Bertz CT molecular complexity index is 643. The Balaban J connectivity index is 2.11. The number of rotatable bonds is 4. The van der Waals surface area contributed by atoms with Crippen molar-refractivity contribution in [3.05, 3.63) is 42.1 Å². The first-order valence-electron chi connectivity index (χ1n) is 5.21. The molecule has 0 bridgehead atoms. The SMILES string of the molecule is O=S(=O)(Cl)CC/C=C/c1c[nH]c2ccccc12. The minimum Gasteiger partial charge on any atom is -0.361 e. The van der Waals surface area contributed by atoms with Crippen molar-refractivity contribution in [3.63, 3.8) is 0 Å². The van der Waals surface area contributed by atoms with Gasteiger partial charge in [-0.2, -0.15) is 0 Å². The second kappa shape index (κ2) is 4.94. The Kier molecular flexibility index (Phi) is 3.54. The molecule has 0 saturated carbocycles. The molecular weight excluding hydrogens is 258 g/mol. The lowest BCUT2D eigenvalue weighted by Crippen LogP contribution is -1.94. The molecule has 1 heterocycles. The molecule has 90 valence electrons. The molecule has 2 aromatic rings. The largest absolute Gasteiger partial charge is 0.361 e. The third-order valence-electron chi connectivity index (χ3n) is 2.45. The molecule has 0 radical (unpaired) electrons. The molecule has 3 nitrogen and oxygen atoms in total. The van der Waals surface area contributed by atoms with Gasteiger partial charge in [0.05, 0.1) is 5.75 Å². The number of allylic oxidation sites excluding steroid dienone is 1. The van der Waals surface area contributed by atoms with E-state index in [1.807, 2.05) is 42.6 Å². The van der Waals surface area contributed by atoms with Gasteiger partial charge in [-0.15, -0.1) is 0 Å². The van der Waals surface area contributed by atoms with E-state index in [4.69, 9.17) is 10.7 Å². The molecule has 5 heteroatoms. The summed E-state index contributed by atoms with van der Waals surface area (Å²) in [5.74, 6) is -0.0343. The van der Waals surface area contributed by atoms with E-state index in [9.17, 15) is 8.42 Å². The third-order valence-corrected chi connectivity index (χ3v) is 3.63. The summed E-state index contributed by atoms with van der Waals surface area (Å²) in [4.78, 5) is 3.15. The van der Waals surface area contributed by atoms with Crippen LogP contribution in [-0.4, -0.2) is 19.2 Å². The highest BCUT2D eigenvalue weighted by atomic mass is 35.7. The van der Waals surface area contributed by atoms with E-state index in [1.54, 1.807) is 0 Å². The van der Waals surface area contributed by atoms with Crippen molar-refractivity contribution in [3.8, 4) is 0 Å². The summed E-state index contributed by atoms with van der Waals surface area (Å²) >= 11 is 0. The quantitative estimate of drug-likeness (QED) is 0.867. The number of aromatic nitrogens is 1. The van der Waals surface area contributed by atoms with Crippen molar-refractivity contribution < 1.29 is 8.42 Å². The van der Waals surface area contributed by atoms with Gasteiger partial charge in [-0.05, 0) is 18.1 Å². The van der Waals surface area contributed by atoms with Crippen molar-refractivity contribution >= 4 is 36.7 Å². The monoisotopic (exact) mass is 269 g/mol. The van der Waals surface area contributed by atoms with Crippen LogP contribution in [0.25, 0.3) is 17.0 Å². The van der Waals surface area contributed by atoms with Gasteiger partial charge < -0.3 is 4.98 Å². The predicted molar refractivity (Wildman–Crippen MR) is 71.6 cm³/mol. The van der Waals surface area contributed by atoms with E-state index in [0.717, 1.165) is 16.5 Å². The van der Waals surface area contributed by atoms with Crippen molar-refractivity contribution in [2.75, 3.05) is 5.75 Å². The number of benzene rings is 1. The lowest BCUT2D eigenvalue weighted by molar-refractivity contribution is 0.609. The molecule has 0 amide bonds. The molecule has 0 fully saturated rings. The van der Waals surface area contributed by atoms with Crippen LogP contribution in [0.1, 0.15) is 12.0 Å². The van der Waals surface area contributed by atoms with E-state index >= 15 is 0 Å². The summed E-state index contributed by atoms with van der Waals surface area (Å²) in [6.45, 7) is 0. The van der Waals surface area contributed by atoms with Gasteiger partial charge in [0.25, 0.3) is 0 Å². The molecule has 2 rings (SSSR count). The van der Waals surface area contributed by atoms with Crippen molar-refractivity contribution in [2.24, 2.45) is 0 Å². The molecule has 0 spiro atoms. The number of aromatic amines is 1. The molecule has 0 atom stereocenters. The number of fused-ring (bicyclic) bond motifs is 1. The van der Waals surface area contributed by atoms with E-state index in [0.29, 0.717) is 6.42 Å². The van der Waals surface area contributed by atoms with Crippen molar-refractivity contribution in [1.82, 2.24) is 4.98 Å². The fourth-order valence-corrected chi connectivity index (χ4v) is 2.34. The van der Waals surface area contributed by atoms with E-state index < -0.39 is 9.05 Å². The normalized spacial score (nSPS) is 12.5. The number of hydrogen-bond acceptors (Lipinski definition) is 2. The Morgan fingerprint density at radius 3 is 2.82 bits per heavy atom. The minimum absolute atomic E-state index is 0.0343. The smallest absolute Gasteiger partial charge is 0.232 e. The first-order valence-corrected chi connectivity index (χ1v) is 7.69. The molecule has 0 aliphatic rings. The molecule has 0 aliphatic carbocycles. The molecule has 1 aromatic heterocycles. The van der Waals surface area contributed by atoms with Crippen LogP contribution in [0.2, 0.25) is 0 Å². The first-order chi connectivity index (χ1) is 8.06. The predicted octanol–water partition coefficient (Wildman–Crippen LogP) is 3.14. The zero-order chi connectivity index (χ0) is 12.3. The fourth-order valence-electron chi connectivity index (χ4n) is 1.65. The zero-order valence-corrected chi connectivity index (χ0v) is 10.6. The Morgan fingerprint density at radius 2 is 2.06 bits per heavy atom. The third kappa shape index (κ3) is 3.35. The van der Waals surface area contributed by atoms with Crippen LogP contribution in [0.15, 0.2) is 36.5 Å². The van der Waals surface area contributed by atoms with Gasteiger partial charge in [0.2, 0.25) is 9.05 Å². The Labute approximate surface area is 105 Å². The lowest BCUT2D eigenvalue weighted by atomic mass is 10.1. The highest BCUT2D eigenvalue weighted by Crippen LogP contribution is 2.19. The van der Waals surface area contributed by atoms with Gasteiger partial charge >= 0.3 is 0 Å². The average Bonchev–Trinajstić information content (AvgIpc) is 2.67. The number of H-pyrrole nitrogens is 1. The lowest BCUT2D eigenvalue weighted by Gasteiger charge is -1.92. The number of para-hydroxylation sites is 1. The molecule has 1 N–H and O–H groups in total. The Morgan fingerprint density at radius 1 is 1.29 bits per heavy atom. The average molecular weight is 270 g/mol. The summed E-state index contributed by atoms with van der Waals surface area (Å²) in [5, 5.41) is 1.12. The van der Waals surface area contributed by atoms with Gasteiger partial charge in [-0.25, -0.2) is 8.42 Å². The molecule has 0 saturated heterocycles. The second-order valence-corrected chi connectivity index (χ2v) is 6.62. The van der Waals surface area contributed by atoms with Crippen LogP contribution in [0.4, 0.5) is 0 Å². The summed E-state index contributed by atoms with van der Waals surface area (Å²) in [5.41, 5.74) is 2.12. The van der Waals surface area contributed by atoms with Gasteiger partial charge in [-0.3, -0.25) is 0 Å². The van der Waals surface area contributed by atoms with Gasteiger partial charge in [0.1, 0.15) is 0 Å².